The first-order valence-electron chi connectivity index (χ1n) is 6.73. The molecule has 1 unspecified atom stereocenters. The van der Waals surface area contributed by atoms with Gasteiger partial charge in [0.15, 0.2) is 0 Å². The number of nitrogens with zero attached hydrogens (tertiary/aromatic N) is 1. The fourth-order valence-electron chi connectivity index (χ4n) is 1.95. The Kier molecular flexibility index (Phi) is 5.64. The van der Waals surface area contributed by atoms with Crippen LogP contribution < -0.4 is 5.32 Å². The number of hydrogen-bond acceptors (Lipinski definition) is 5. The molecular weight excluding hydrogens is 272 g/mol. The number of rotatable bonds is 7. The van der Waals surface area contributed by atoms with Gasteiger partial charge in [0.05, 0.1) is 18.2 Å². The maximum absolute atomic E-state index is 9.38. The minimum atomic E-state index is -0.656. The second-order valence-electron chi connectivity index (χ2n) is 4.57. The van der Waals surface area contributed by atoms with Crippen molar-refractivity contribution in [1.29, 1.82) is 0 Å². The Labute approximate surface area is 123 Å². The fourth-order valence-corrected chi connectivity index (χ4v) is 2.88. The van der Waals surface area contributed by atoms with Gasteiger partial charge in [0.25, 0.3) is 0 Å². The molecule has 0 aliphatic rings. The van der Waals surface area contributed by atoms with Gasteiger partial charge < -0.3 is 15.5 Å². The number of fused-ring (bicyclic) bond motifs is 1. The molecule has 1 heterocycles. The fraction of sp³-hybridized carbons (Fsp3) is 0.400. The summed E-state index contributed by atoms with van der Waals surface area (Å²) in [4.78, 5) is 4.65. The molecule has 2 rings (SSSR count). The molecule has 0 radical (unpaired) electrons. The van der Waals surface area contributed by atoms with Crippen LogP contribution in [0.15, 0.2) is 30.3 Å². The Morgan fingerprint density at radius 2 is 2.15 bits per heavy atom. The summed E-state index contributed by atoms with van der Waals surface area (Å²) in [5.41, 5.74) is 2.10. The van der Waals surface area contributed by atoms with Gasteiger partial charge in [-0.05, 0) is 19.1 Å². The van der Waals surface area contributed by atoms with Gasteiger partial charge >= 0.3 is 0 Å². The van der Waals surface area contributed by atoms with Crippen LogP contribution in [0, 0.1) is 0 Å². The summed E-state index contributed by atoms with van der Waals surface area (Å²) < 4.78 is 0. The molecule has 3 N–H and O–H groups in total. The summed E-state index contributed by atoms with van der Waals surface area (Å²) in [7, 11) is 0. The van der Waals surface area contributed by atoms with E-state index in [1.54, 1.807) is 11.8 Å². The van der Waals surface area contributed by atoms with Gasteiger partial charge in [-0.15, -0.1) is 0 Å². The lowest BCUT2D eigenvalue weighted by atomic mass is 10.1. The van der Waals surface area contributed by atoms with Gasteiger partial charge in [-0.1, -0.05) is 18.2 Å². The Morgan fingerprint density at radius 1 is 1.35 bits per heavy atom. The maximum atomic E-state index is 9.38. The smallest absolute Gasteiger partial charge is 0.130 e. The maximum Gasteiger partial charge on any atom is 0.130 e. The SMILES string of the molecule is CCNc1nc2ccccc2cc1CSCC(O)CO. The number of aliphatic hydroxyl groups excluding tert-OH is 2. The molecule has 0 fully saturated rings. The molecular formula is C15H20N2O2S. The molecule has 108 valence electrons. The largest absolute Gasteiger partial charge is 0.394 e. The van der Waals surface area contributed by atoms with Gasteiger partial charge in [0.1, 0.15) is 5.82 Å². The average molecular weight is 292 g/mol. The van der Waals surface area contributed by atoms with Crippen molar-refractivity contribution in [1.82, 2.24) is 4.98 Å². The van der Waals surface area contributed by atoms with E-state index in [9.17, 15) is 5.11 Å². The number of para-hydroxylation sites is 1. The van der Waals surface area contributed by atoms with Crippen LogP contribution in [0.5, 0.6) is 0 Å². The molecule has 2 aromatic rings. The number of thioether (sulfide) groups is 1. The first-order valence-corrected chi connectivity index (χ1v) is 7.89. The average Bonchev–Trinajstić information content (AvgIpc) is 2.47. The summed E-state index contributed by atoms with van der Waals surface area (Å²) in [6.07, 6.45) is -0.656. The minimum absolute atomic E-state index is 0.191. The van der Waals surface area contributed by atoms with Crippen molar-refractivity contribution in [2.24, 2.45) is 0 Å². The van der Waals surface area contributed by atoms with Gasteiger partial charge in [-0.3, -0.25) is 0 Å². The van der Waals surface area contributed by atoms with Crippen molar-refractivity contribution >= 4 is 28.5 Å². The van der Waals surface area contributed by atoms with Crippen molar-refractivity contribution in [2.45, 2.75) is 18.8 Å². The van der Waals surface area contributed by atoms with Crippen molar-refractivity contribution in [2.75, 3.05) is 24.2 Å². The topological polar surface area (TPSA) is 65.4 Å². The van der Waals surface area contributed by atoms with Crippen molar-refractivity contribution in [3.63, 3.8) is 0 Å². The van der Waals surface area contributed by atoms with Crippen molar-refractivity contribution in [3.05, 3.63) is 35.9 Å². The van der Waals surface area contributed by atoms with E-state index < -0.39 is 6.10 Å². The highest BCUT2D eigenvalue weighted by Crippen LogP contribution is 2.24. The molecule has 0 saturated heterocycles. The van der Waals surface area contributed by atoms with Crippen molar-refractivity contribution in [3.8, 4) is 0 Å². The highest BCUT2D eigenvalue weighted by Gasteiger charge is 2.08. The highest BCUT2D eigenvalue weighted by atomic mass is 32.2. The van der Waals surface area contributed by atoms with Crippen LogP contribution in [-0.4, -0.2) is 40.2 Å². The minimum Gasteiger partial charge on any atom is -0.394 e. The molecule has 0 spiro atoms. The molecule has 0 bridgehead atoms. The molecule has 5 heteroatoms. The van der Waals surface area contributed by atoms with Gasteiger partial charge in [-0.2, -0.15) is 11.8 Å². The molecule has 0 saturated carbocycles. The lowest BCUT2D eigenvalue weighted by Gasteiger charge is -2.12. The number of pyridine rings is 1. The second-order valence-corrected chi connectivity index (χ2v) is 5.60. The van der Waals surface area contributed by atoms with E-state index in [4.69, 9.17) is 5.11 Å². The lowest BCUT2D eigenvalue weighted by Crippen LogP contribution is -2.14. The van der Waals surface area contributed by atoms with Crippen LogP contribution in [0.25, 0.3) is 10.9 Å². The third-order valence-electron chi connectivity index (χ3n) is 2.93. The Balaban J connectivity index is 2.18. The van der Waals surface area contributed by atoms with E-state index in [-0.39, 0.29) is 6.61 Å². The van der Waals surface area contributed by atoms with Gasteiger partial charge in [-0.25, -0.2) is 4.98 Å². The summed E-state index contributed by atoms with van der Waals surface area (Å²) >= 11 is 1.60. The number of aliphatic hydroxyl groups is 2. The van der Waals surface area contributed by atoms with E-state index in [2.05, 4.69) is 22.4 Å². The summed E-state index contributed by atoms with van der Waals surface area (Å²) in [6, 6.07) is 10.2. The molecule has 1 atom stereocenters. The van der Waals surface area contributed by atoms with Crippen LogP contribution in [0.2, 0.25) is 0 Å². The first-order chi connectivity index (χ1) is 9.74. The third kappa shape index (κ3) is 3.85. The molecule has 0 amide bonds. The number of aromatic nitrogens is 1. The van der Waals surface area contributed by atoms with Crippen molar-refractivity contribution < 1.29 is 10.2 Å². The predicted octanol–water partition coefficient (Wildman–Crippen LogP) is 2.25. The number of nitrogens with one attached hydrogen (secondary N) is 1. The number of benzene rings is 1. The predicted molar refractivity (Wildman–Crippen MR) is 85.2 cm³/mol. The van der Waals surface area contributed by atoms with Crippen LogP contribution in [0.3, 0.4) is 0 Å². The van der Waals surface area contributed by atoms with Crippen LogP contribution in [-0.2, 0) is 5.75 Å². The normalized spacial score (nSPS) is 12.6. The molecule has 20 heavy (non-hydrogen) atoms. The Morgan fingerprint density at radius 3 is 2.90 bits per heavy atom. The highest BCUT2D eigenvalue weighted by molar-refractivity contribution is 7.98. The molecule has 0 aliphatic carbocycles. The summed E-state index contributed by atoms with van der Waals surface area (Å²) in [6.45, 7) is 2.68. The lowest BCUT2D eigenvalue weighted by molar-refractivity contribution is 0.113. The second kappa shape index (κ2) is 7.47. The molecule has 1 aromatic heterocycles. The van der Waals surface area contributed by atoms with Crippen LogP contribution in [0.1, 0.15) is 12.5 Å². The number of anilines is 1. The number of hydrogen-bond donors (Lipinski definition) is 3. The zero-order valence-electron chi connectivity index (χ0n) is 11.5. The first kappa shape index (κ1) is 15.1. The quantitative estimate of drug-likeness (QED) is 0.730. The Hall–Kier alpha value is -1.30. The van der Waals surface area contributed by atoms with Crippen LogP contribution in [0.4, 0.5) is 5.82 Å². The monoisotopic (exact) mass is 292 g/mol. The Bertz CT molecular complexity index is 563. The zero-order chi connectivity index (χ0) is 14.4. The zero-order valence-corrected chi connectivity index (χ0v) is 12.4. The van der Waals surface area contributed by atoms with Gasteiger partial charge in [0, 0.05) is 29.0 Å². The summed E-state index contributed by atoms with van der Waals surface area (Å²) in [5.74, 6) is 2.18. The van der Waals surface area contributed by atoms with E-state index >= 15 is 0 Å². The molecule has 0 aliphatic heterocycles. The molecule has 1 aromatic carbocycles. The van der Waals surface area contributed by atoms with E-state index in [0.717, 1.165) is 34.6 Å². The van der Waals surface area contributed by atoms with E-state index in [1.807, 2.05) is 25.1 Å². The van der Waals surface area contributed by atoms with E-state index in [1.165, 1.54) is 0 Å². The van der Waals surface area contributed by atoms with E-state index in [0.29, 0.717) is 5.75 Å². The van der Waals surface area contributed by atoms with Crippen LogP contribution >= 0.6 is 11.8 Å². The third-order valence-corrected chi connectivity index (χ3v) is 4.06. The molecule has 4 nitrogen and oxygen atoms in total. The standard InChI is InChI=1S/C15H20N2O2S/c1-2-16-15-12(9-20-10-13(19)8-18)7-11-5-3-4-6-14(11)17-15/h3-7,13,18-19H,2,8-10H2,1H3,(H,16,17). The van der Waals surface area contributed by atoms with Gasteiger partial charge in [0.2, 0.25) is 0 Å². The summed E-state index contributed by atoms with van der Waals surface area (Å²) in [5, 5.41) is 22.6.